The Morgan fingerprint density at radius 3 is 2.19 bits per heavy atom. The lowest BCUT2D eigenvalue weighted by Gasteiger charge is -2.17. The van der Waals surface area contributed by atoms with Gasteiger partial charge in [0.05, 0.1) is 6.61 Å². The Bertz CT molecular complexity index is 585. The van der Waals surface area contributed by atoms with Gasteiger partial charge in [0, 0.05) is 6.61 Å². The Labute approximate surface area is 172 Å². The summed E-state index contributed by atoms with van der Waals surface area (Å²) in [6.07, 6.45) is 6.24. The molecule has 0 heterocycles. The minimum absolute atomic E-state index is 0.0618. The normalized spacial score (nSPS) is 10.6. The molecule has 1 aromatic carbocycles. The zero-order valence-corrected chi connectivity index (χ0v) is 18.0. The summed E-state index contributed by atoms with van der Waals surface area (Å²) in [5, 5.41) is 0. The van der Waals surface area contributed by atoms with E-state index in [0.29, 0.717) is 19.8 Å². The fourth-order valence-electron chi connectivity index (χ4n) is 2.59. The Balaban J connectivity index is 2.53. The second-order valence-electron chi connectivity index (χ2n) is 6.25. The number of Topliss-reactive ketones (excluding diaryl/α,β-unsaturated/α-hetero) is 1. The maximum absolute atomic E-state index is 10.8. The highest BCUT2D eigenvalue weighted by atomic mass is 35.5. The van der Waals surface area contributed by atoms with E-state index in [2.05, 4.69) is 13.8 Å². The number of benzene rings is 1. The SMILES string of the molecule is CCc1cc(OCC=C(Cl)Cl)cc(CC)c1OCCCCCOCC(C)=O. The second kappa shape index (κ2) is 13.9. The predicted molar refractivity (Wildman–Crippen MR) is 111 cm³/mol. The number of carbonyl (C=O) groups is 1. The van der Waals surface area contributed by atoms with Crippen molar-refractivity contribution in [2.45, 2.75) is 52.9 Å². The van der Waals surface area contributed by atoms with Crippen molar-refractivity contribution in [3.63, 3.8) is 0 Å². The van der Waals surface area contributed by atoms with Crippen LogP contribution in [0.25, 0.3) is 0 Å². The van der Waals surface area contributed by atoms with Gasteiger partial charge in [0.2, 0.25) is 0 Å². The summed E-state index contributed by atoms with van der Waals surface area (Å²) in [6.45, 7) is 7.56. The van der Waals surface area contributed by atoms with Gasteiger partial charge >= 0.3 is 0 Å². The quantitative estimate of drug-likeness (QED) is 0.366. The van der Waals surface area contributed by atoms with Crippen LogP contribution in [0.2, 0.25) is 0 Å². The summed E-state index contributed by atoms with van der Waals surface area (Å²) < 4.78 is 17.3. The van der Waals surface area contributed by atoms with Crippen LogP contribution in [0.5, 0.6) is 11.5 Å². The van der Waals surface area contributed by atoms with Gasteiger partial charge in [-0.25, -0.2) is 0 Å². The topological polar surface area (TPSA) is 44.8 Å². The van der Waals surface area contributed by atoms with Crippen LogP contribution in [0.1, 0.15) is 51.2 Å². The van der Waals surface area contributed by atoms with Crippen molar-refractivity contribution in [3.8, 4) is 11.5 Å². The number of hydrogen-bond donors (Lipinski definition) is 0. The molecule has 27 heavy (non-hydrogen) atoms. The minimum Gasteiger partial charge on any atom is -0.493 e. The Morgan fingerprint density at radius 2 is 1.63 bits per heavy atom. The van der Waals surface area contributed by atoms with Gasteiger partial charge in [0.1, 0.15) is 29.2 Å². The number of rotatable bonds is 14. The highest BCUT2D eigenvalue weighted by Gasteiger charge is 2.11. The fourth-order valence-corrected chi connectivity index (χ4v) is 2.72. The van der Waals surface area contributed by atoms with E-state index in [0.717, 1.165) is 54.7 Å². The average Bonchev–Trinajstić information content (AvgIpc) is 2.63. The lowest BCUT2D eigenvalue weighted by molar-refractivity contribution is -0.121. The summed E-state index contributed by atoms with van der Waals surface area (Å²) >= 11 is 11.2. The Kier molecular flexibility index (Phi) is 12.2. The molecule has 0 spiro atoms. The number of ether oxygens (including phenoxy) is 3. The van der Waals surface area contributed by atoms with Gasteiger partial charge in [-0.2, -0.15) is 0 Å². The van der Waals surface area contributed by atoms with E-state index in [1.165, 1.54) is 6.92 Å². The van der Waals surface area contributed by atoms with Crippen LogP contribution in [0, 0.1) is 0 Å². The Morgan fingerprint density at radius 1 is 1.00 bits per heavy atom. The third kappa shape index (κ3) is 10.0. The first-order chi connectivity index (χ1) is 13.0. The summed E-state index contributed by atoms with van der Waals surface area (Å²) in [5.41, 5.74) is 2.27. The molecular weight excluding hydrogens is 387 g/mol. The maximum atomic E-state index is 10.8. The molecule has 6 heteroatoms. The standard InChI is InChI=1S/C21H30Cl2O4/c1-4-17-13-19(26-12-9-20(22)23)14-18(5-2)21(17)27-11-8-6-7-10-25-15-16(3)24/h9,13-14H,4-8,10-12,15H2,1-3H3. The molecule has 1 aromatic rings. The highest BCUT2D eigenvalue weighted by Crippen LogP contribution is 2.31. The van der Waals surface area contributed by atoms with E-state index in [4.69, 9.17) is 37.4 Å². The monoisotopic (exact) mass is 416 g/mol. The fraction of sp³-hybridized carbons (Fsp3) is 0.571. The highest BCUT2D eigenvalue weighted by molar-refractivity contribution is 6.55. The molecule has 0 saturated carbocycles. The lowest BCUT2D eigenvalue weighted by atomic mass is 10.0. The number of unbranched alkanes of at least 4 members (excludes halogenated alkanes) is 2. The van der Waals surface area contributed by atoms with Gasteiger partial charge in [-0.05, 0) is 68.4 Å². The van der Waals surface area contributed by atoms with E-state index < -0.39 is 0 Å². The molecule has 4 nitrogen and oxygen atoms in total. The molecular formula is C21H30Cl2O4. The molecule has 0 radical (unpaired) electrons. The van der Waals surface area contributed by atoms with E-state index in [9.17, 15) is 4.79 Å². The maximum Gasteiger partial charge on any atom is 0.155 e. The molecule has 0 N–H and O–H groups in total. The largest absolute Gasteiger partial charge is 0.493 e. The molecule has 0 aliphatic heterocycles. The third-order valence-electron chi connectivity index (χ3n) is 3.95. The minimum atomic E-state index is 0.0618. The van der Waals surface area contributed by atoms with Crippen molar-refractivity contribution in [1.82, 2.24) is 0 Å². The summed E-state index contributed by atoms with van der Waals surface area (Å²) in [5.74, 6) is 1.82. The van der Waals surface area contributed by atoms with Crippen LogP contribution in [-0.4, -0.2) is 32.2 Å². The Hall–Kier alpha value is -1.23. The van der Waals surface area contributed by atoms with Crippen LogP contribution in [0.4, 0.5) is 0 Å². The average molecular weight is 417 g/mol. The van der Waals surface area contributed by atoms with Gasteiger partial charge in [0.25, 0.3) is 0 Å². The van der Waals surface area contributed by atoms with Crippen LogP contribution >= 0.6 is 23.2 Å². The van der Waals surface area contributed by atoms with E-state index >= 15 is 0 Å². The number of hydrogen-bond acceptors (Lipinski definition) is 4. The third-order valence-corrected chi connectivity index (χ3v) is 4.26. The van der Waals surface area contributed by atoms with Gasteiger partial charge in [-0.3, -0.25) is 4.79 Å². The van der Waals surface area contributed by atoms with Gasteiger partial charge in [0.15, 0.2) is 5.78 Å². The van der Waals surface area contributed by atoms with Crippen molar-refractivity contribution in [2.75, 3.05) is 26.4 Å². The van der Waals surface area contributed by atoms with Gasteiger partial charge < -0.3 is 14.2 Å². The number of carbonyl (C=O) groups excluding carboxylic acids is 1. The second-order valence-corrected chi connectivity index (χ2v) is 7.25. The lowest BCUT2D eigenvalue weighted by Crippen LogP contribution is -2.06. The van der Waals surface area contributed by atoms with Crippen molar-refractivity contribution in [1.29, 1.82) is 0 Å². The molecule has 0 aliphatic rings. The number of aryl methyl sites for hydroxylation is 2. The van der Waals surface area contributed by atoms with Gasteiger partial charge in [-0.1, -0.05) is 37.0 Å². The van der Waals surface area contributed by atoms with E-state index in [-0.39, 0.29) is 16.9 Å². The van der Waals surface area contributed by atoms with Crippen molar-refractivity contribution >= 4 is 29.0 Å². The van der Waals surface area contributed by atoms with Crippen LogP contribution in [0.3, 0.4) is 0 Å². The van der Waals surface area contributed by atoms with Crippen LogP contribution in [-0.2, 0) is 22.4 Å². The van der Waals surface area contributed by atoms with Crippen molar-refractivity contribution in [2.24, 2.45) is 0 Å². The zero-order chi connectivity index (χ0) is 20.1. The molecule has 0 unspecified atom stereocenters. The van der Waals surface area contributed by atoms with Crippen molar-refractivity contribution in [3.05, 3.63) is 33.8 Å². The first-order valence-electron chi connectivity index (χ1n) is 9.47. The summed E-state index contributed by atoms with van der Waals surface area (Å²) in [4.78, 5) is 10.8. The van der Waals surface area contributed by atoms with Crippen LogP contribution < -0.4 is 9.47 Å². The first-order valence-corrected chi connectivity index (χ1v) is 10.2. The molecule has 0 aliphatic carbocycles. The summed E-state index contributed by atoms with van der Waals surface area (Å²) in [6, 6.07) is 4.03. The van der Waals surface area contributed by atoms with Gasteiger partial charge in [-0.15, -0.1) is 0 Å². The number of halogens is 2. The number of ketones is 1. The van der Waals surface area contributed by atoms with E-state index in [1.54, 1.807) is 6.08 Å². The molecule has 152 valence electrons. The van der Waals surface area contributed by atoms with Crippen molar-refractivity contribution < 1.29 is 19.0 Å². The molecule has 0 saturated heterocycles. The molecule has 1 rings (SSSR count). The smallest absolute Gasteiger partial charge is 0.155 e. The zero-order valence-electron chi connectivity index (χ0n) is 16.5. The van der Waals surface area contributed by atoms with E-state index in [1.807, 2.05) is 12.1 Å². The predicted octanol–water partition coefficient (Wildman–Crippen LogP) is 5.66. The summed E-state index contributed by atoms with van der Waals surface area (Å²) in [7, 11) is 0. The first kappa shape index (κ1) is 23.8. The molecule has 0 aromatic heterocycles. The molecule has 0 amide bonds. The van der Waals surface area contributed by atoms with Crippen LogP contribution in [0.15, 0.2) is 22.7 Å². The molecule has 0 fully saturated rings. The molecule has 0 bridgehead atoms. The molecule has 0 atom stereocenters.